The lowest BCUT2D eigenvalue weighted by Gasteiger charge is -2.21. The number of hydrogen-bond acceptors (Lipinski definition) is 3. The van der Waals surface area contributed by atoms with Crippen LogP contribution in [0.4, 0.5) is 5.95 Å². The molecule has 2 amide bonds. The van der Waals surface area contributed by atoms with Crippen molar-refractivity contribution in [2.24, 2.45) is 0 Å². The first kappa shape index (κ1) is 11.6. The van der Waals surface area contributed by atoms with E-state index in [2.05, 4.69) is 9.97 Å². The zero-order valence-corrected chi connectivity index (χ0v) is 10.5. The van der Waals surface area contributed by atoms with Crippen molar-refractivity contribution in [2.75, 3.05) is 4.90 Å². The van der Waals surface area contributed by atoms with Gasteiger partial charge in [0.2, 0.25) is 17.8 Å². The highest BCUT2D eigenvalue weighted by Crippen LogP contribution is 2.37. The second kappa shape index (κ2) is 4.05. The highest BCUT2D eigenvalue weighted by atomic mass is 16.2. The lowest BCUT2D eigenvalue weighted by molar-refractivity contribution is -0.122. The number of aromatic amines is 1. The van der Waals surface area contributed by atoms with Crippen LogP contribution in [0.3, 0.4) is 0 Å². The van der Waals surface area contributed by atoms with Crippen molar-refractivity contribution in [2.45, 2.75) is 18.8 Å². The Morgan fingerprint density at radius 3 is 2.63 bits per heavy atom. The molecule has 1 aliphatic heterocycles. The van der Waals surface area contributed by atoms with Gasteiger partial charge in [0, 0.05) is 18.8 Å². The zero-order chi connectivity index (χ0) is 13.5. The summed E-state index contributed by atoms with van der Waals surface area (Å²) >= 11 is 0. The molecule has 1 atom stereocenters. The smallest absolute Gasteiger partial charge is 0.247 e. The average Bonchev–Trinajstić information content (AvgIpc) is 3.00. The third kappa shape index (κ3) is 1.66. The van der Waals surface area contributed by atoms with Gasteiger partial charge in [0.1, 0.15) is 0 Å². The van der Waals surface area contributed by atoms with Gasteiger partial charge in [-0.1, -0.05) is 30.3 Å². The molecule has 19 heavy (non-hydrogen) atoms. The zero-order valence-electron chi connectivity index (χ0n) is 10.5. The van der Waals surface area contributed by atoms with Crippen molar-refractivity contribution in [3.05, 3.63) is 48.3 Å². The molecule has 3 rings (SSSR count). The number of carbonyl (C=O) groups excluding carboxylic acids is 2. The van der Waals surface area contributed by atoms with Gasteiger partial charge >= 0.3 is 0 Å². The van der Waals surface area contributed by atoms with Gasteiger partial charge in [0.25, 0.3) is 0 Å². The quantitative estimate of drug-likeness (QED) is 0.829. The summed E-state index contributed by atoms with van der Waals surface area (Å²) in [7, 11) is 0. The van der Waals surface area contributed by atoms with Gasteiger partial charge in [-0.15, -0.1) is 0 Å². The average molecular weight is 255 g/mol. The fourth-order valence-electron chi connectivity index (χ4n) is 2.44. The fraction of sp³-hybridized carbons (Fsp3) is 0.214. The van der Waals surface area contributed by atoms with Crippen LogP contribution in [0.15, 0.2) is 42.7 Å². The molecule has 96 valence electrons. The van der Waals surface area contributed by atoms with Crippen LogP contribution in [0.25, 0.3) is 0 Å². The maximum absolute atomic E-state index is 12.6. The van der Waals surface area contributed by atoms with E-state index >= 15 is 0 Å². The molecule has 1 fully saturated rings. The standard InChI is InChI=1S/C14H13N3O2/c1-14(10-5-3-2-4-6-10)9-11(18)17(12(14)19)13-15-7-8-16-13/h2-8H,9H2,1H3,(H,15,16). The number of imide groups is 1. The van der Waals surface area contributed by atoms with Gasteiger partial charge < -0.3 is 4.98 Å². The van der Waals surface area contributed by atoms with Crippen molar-refractivity contribution < 1.29 is 9.59 Å². The summed E-state index contributed by atoms with van der Waals surface area (Å²) in [5.74, 6) is -0.181. The minimum absolute atomic E-state index is 0.163. The maximum Gasteiger partial charge on any atom is 0.247 e. The predicted molar refractivity (Wildman–Crippen MR) is 69.5 cm³/mol. The molecule has 1 N–H and O–H groups in total. The predicted octanol–water partition coefficient (Wildman–Crippen LogP) is 1.63. The molecule has 0 saturated carbocycles. The molecule has 1 unspecified atom stereocenters. The summed E-state index contributed by atoms with van der Waals surface area (Å²) in [6, 6.07) is 9.37. The van der Waals surface area contributed by atoms with Crippen molar-refractivity contribution in [3.8, 4) is 0 Å². The van der Waals surface area contributed by atoms with Gasteiger partial charge in [-0.2, -0.15) is 0 Å². The molecule has 2 aromatic rings. The fourth-order valence-corrected chi connectivity index (χ4v) is 2.44. The molecule has 1 aliphatic rings. The second-order valence-electron chi connectivity index (χ2n) is 4.82. The van der Waals surface area contributed by atoms with E-state index in [-0.39, 0.29) is 24.2 Å². The molecule has 1 aromatic heterocycles. The highest BCUT2D eigenvalue weighted by molar-refractivity contribution is 6.23. The summed E-state index contributed by atoms with van der Waals surface area (Å²) in [6.45, 7) is 1.80. The van der Waals surface area contributed by atoms with E-state index in [9.17, 15) is 9.59 Å². The highest BCUT2D eigenvalue weighted by Gasteiger charge is 2.50. The van der Waals surface area contributed by atoms with Gasteiger partial charge in [0.05, 0.1) is 5.41 Å². The number of nitrogens with zero attached hydrogens (tertiary/aromatic N) is 2. The molecule has 0 spiro atoms. The largest absolute Gasteiger partial charge is 0.330 e. The Balaban J connectivity index is 2.03. The Bertz CT molecular complexity index is 621. The normalized spacial score (nSPS) is 23.1. The SMILES string of the molecule is CC1(c2ccccc2)CC(=O)N(c2ncc[nH]2)C1=O. The molecule has 1 saturated heterocycles. The molecule has 5 nitrogen and oxygen atoms in total. The number of hydrogen-bond donors (Lipinski definition) is 1. The molecule has 0 radical (unpaired) electrons. The lowest BCUT2D eigenvalue weighted by Crippen LogP contribution is -2.37. The van der Waals surface area contributed by atoms with E-state index in [1.165, 1.54) is 6.20 Å². The first-order chi connectivity index (χ1) is 9.13. The Hall–Kier alpha value is -2.43. The number of rotatable bonds is 2. The molecular formula is C14H13N3O2. The van der Waals surface area contributed by atoms with E-state index in [0.29, 0.717) is 0 Å². The van der Waals surface area contributed by atoms with Crippen LogP contribution < -0.4 is 4.90 Å². The van der Waals surface area contributed by atoms with Crippen molar-refractivity contribution in [3.63, 3.8) is 0 Å². The minimum atomic E-state index is -0.814. The van der Waals surface area contributed by atoms with Crippen LogP contribution >= 0.6 is 0 Å². The van der Waals surface area contributed by atoms with Crippen LogP contribution in [0.2, 0.25) is 0 Å². The Morgan fingerprint density at radius 2 is 2.00 bits per heavy atom. The van der Waals surface area contributed by atoms with Crippen molar-refractivity contribution in [1.29, 1.82) is 0 Å². The van der Waals surface area contributed by atoms with Gasteiger partial charge in [-0.3, -0.25) is 9.59 Å². The van der Waals surface area contributed by atoms with Gasteiger partial charge in [-0.05, 0) is 12.5 Å². The van der Waals surface area contributed by atoms with E-state index in [4.69, 9.17) is 0 Å². The van der Waals surface area contributed by atoms with Crippen LogP contribution in [0.1, 0.15) is 18.9 Å². The molecule has 0 bridgehead atoms. The maximum atomic E-state index is 12.6. The van der Waals surface area contributed by atoms with Gasteiger partial charge in [0.15, 0.2) is 0 Å². The first-order valence-electron chi connectivity index (χ1n) is 6.05. The number of nitrogens with one attached hydrogen (secondary N) is 1. The summed E-state index contributed by atoms with van der Waals surface area (Å²) in [5.41, 5.74) is 0.0351. The number of imidazole rings is 1. The minimum Gasteiger partial charge on any atom is -0.330 e. The van der Waals surface area contributed by atoms with E-state index in [1.54, 1.807) is 13.1 Å². The van der Waals surface area contributed by atoms with Crippen LogP contribution in [0.5, 0.6) is 0 Å². The van der Waals surface area contributed by atoms with E-state index in [0.717, 1.165) is 10.5 Å². The lowest BCUT2D eigenvalue weighted by atomic mass is 9.81. The monoisotopic (exact) mass is 255 g/mol. The van der Waals surface area contributed by atoms with Crippen LogP contribution in [-0.2, 0) is 15.0 Å². The Morgan fingerprint density at radius 1 is 1.26 bits per heavy atom. The summed E-state index contributed by atoms with van der Waals surface area (Å²) < 4.78 is 0. The molecule has 2 heterocycles. The molecule has 1 aromatic carbocycles. The second-order valence-corrected chi connectivity index (χ2v) is 4.82. The summed E-state index contributed by atoms with van der Waals surface area (Å²) in [5, 5.41) is 0. The number of H-pyrrole nitrogens is 1. The first-order valence-corrected chi connectivity index (χ1v) is 6.05. The number of aromatic nitrogens is 2. The number of amides is 2. The third-order valence-electron chi connectivity index (χ3n) is 3.54. The summed E-state index contributed by atoms with van der Waals surface area (Å²) in [4.78, 5) is 32.6. The van der Waals surface area contributed by atoms with Crippen molar-refractivity contribution in [1.82, 2.24) is 9.97 Å². The van der Waals surface area contributed by atoms with Gasteiger partial charge in [-0.25, -0.2) is 9.88 Å². The Kier molecular flexibility index (Phi) is 2.48. The van der Waals surface area contributed by atoms with E-state index < -0.39 is 5.41 Å². The van der Waals surface area contributed by atoms with Crippen molar-refractivity contribution >= 4 is 17.8 Å². The van der Waals surface area contributed by atoms with E-state index in [1.807, 2.05) is 30.3 Å². The number of anilines is 1. The molecule has 0 aliphatic carbocycles. The van der Waals surface area contributed by atoms with Crippen LogP contribution in [0, 0.1) is 0 Å². The molecular weight excluding hydrogens is 242 g/mol. The summed E-state index contributed by atoms with van der Waals surface area (Å²) in [6.07, 6.45) is 3.28. The number of benzene rings is 1. The third-order valence-corrected chi connectivity index (χ3v) is 3.54. The Labute approximate surface area is 110 Å². The van der Waals surface area contributed by atoms with Crippen LogP contribution in [-0.4, -0.2) is 21.8 Å². The number of carbonyl (C=O) groups is 2. The topological polar surface area (TPSA) is 66.1 Å². The molecule has 5 heteroatoms.